The molecule has 0 unspecified atom stereocenters. The zero-order valence-electron chi connectivity index (χ0n) is 21.7. The lowest BCUT2D eigenvalue weighted by molar-refractivity contribution is 0.0618. The Bertz CT molecular complexity index is 1610. The van der Waals surface area contributed by atoms with E-state index in [9.17, 15) is 9.59 Å². The van der Waals surface area contributed by atoms with Gasteiger partial charge in [0.05, 0.1) is 27.8 Å². The number of aromatic nitrogens is 1. The molecule has 1 atom stereocenters. The Balaban J connectivity index is 1.32. The molecule has 1 N–H and O–H groups in total. The fourth-order valence-corrected chi connectivity index (χ4v) is 6.03. The van der Waals surface area contributed by atoms with Gasteiger partial charge in [0, 0.05) is 18.5 Å². The second-order valence-electron chi connectivity index (χ2n) is 9.95. The van der Waals surface area contributed by atoms with E-state index < -0.39 is 0 Å². The van der Waals surface area contributed by atoms with Crippen LogP contribution in [-0.2, 0) is 6.54 Å². The number of carbonyl (C=O) groups is 2. The summed E-state index contributed by atoms with van der Waals surface area (Å²) in [6, 6.07) is 27.1. The van der Waals surface area contributed by atoms with Crippen LogP contribution in [0, 0.1) is 12.8 Å². The standard InChI is InChI=1S/C32H29N3O3S/c1-21-34-29(30(39-21)24-11-6-3-7-12-24)32(37)35(20-22-9-4-2-5-10-22)27(23-15-16-23)19-33-31(36)26-13-8-14-28-25(26)17-18-38-28/h2-14,17-18,23,27H,15-16,19-20H2,1H3,(H,33,36)/t27-/m1/s1. The van der Waals surface area contributed by atoms with Crippen molar-refractivity contribution in [3.05, 3.63) is 113 Å². The smallest absolute Gasteiger partial charge is 0.274 e. The Labute approximate surface area is 231 Å². The van der Waals surface area contributed by atoms with E-state index in [-0.39, 0.29) is 17.9 Å². The van der Waals surface area contributed by atoms with E-state index in [1.165, 1.54) is 11.3 Å². The topological polar surface area (TPSA) is 75.4 Å². The van der Waals surface area contributed by atoms with Gasteiger partial charge in [0.15, 0.2) is 0 Å². The molecular formula is C32H29N3O3S. The Morgan fingerprint density at radius 3 is 2.49 bits per heavy atom. The van der Waals surface area contributed by atoms with Crippen LogP contribution in [0.3, 0.4) is 0 Å². The number of aryl methyl sites for hydroxylation is 1. The number of nitrogens with zero attached hydrogens (tertiary/aromatic N) is 2. The second-order valence-corrected chi connectivity index (χ2v) is 11.2. The Kier molecular flexibility index (Phi) is 6.99. The van der Waals surface area contributed by atoms with Gasteiger partial charge in [-0.25, -0.2) is 4.98 Å². The third-order valence-electron chi connectivity index (χ3n) is 7.21. The molecule has 39 heavy (non-hydrogen) atoms. The maximum Gasteiger partial charge on any atom is 0.274 e. The van der Waals surface area contributed by atoms with Gasteiger partial charge in [0.1, 0.15) is 11.3 Å². The van der Waals surface area contributed by atoms with Crippen molar-refractivity contribution in [2.24, 2.45) is 5.92 Å². The van der Waals surface area contributed by atoms with Gasteiger partial charge in [-0.1, -0.05) is 66.7 Å². The summed E-state index contributed by atoms with van der Waals surface area (Å²) >= 11 is 1.54. The molecule has 2 heterocycles. The molecule has 196 valence electrons. The maximum absolute atomic E-state index is 14.3. The normalized spacial score (nSPS) is 13.8. The zero-order chi connectivity index (χ0) is 26.8. The number of benzene rings is 3. The summed E-state index contributed by atoms with van der Waals surface area (Å²) < 4.78 is 5.48. The first-order valence-electron chi connectivity index (χ1n) is 13.2. The van der Waals surface area contributed by atoms with Crippen LogP contribution < -0.4 is 5.32 Å². The molecule has 0 aliphatic heterocycles. The molecule has 6 rings (SSSR count). The van der Waals surface area contributed by atoms with E-state index in [0.29, 0.717) is 35.8 Å². The van der Waals surface area contributed by atoms with Crippen molar-refractivity contribution in [1.82, 2.24) is 15.2 Å². The monoisotopic (exact) mass is 535 g/mol. The van der Waals surface area contributed by atoms with Crippen LogP contribution in [0.15, 0.2) is 95.6 Å². The number of thiazole rings is 1. The third kappa shape index (κ3) is 5.36. The Morgan fingerprint density at radius 1 is 1.00 bits per heavy atom. The first-order chi connectivity index (χ1) is 19.1. The SMILES string of the molecule is Cc1nc(C(=O)N(Cc2ccccc2)[C@H](CNC(=O)c2cccc3occc23)C2CC2)c(-c2ccccc2)s1. The van der Waals surface area contributed by atoms with E-state index in [4.69, 9.17) is 9.40 Å². The van der Waals surface area contributed by atoms with Crippen molar-refractivity contribution in [2.75, 3.05) is 6.54 Å². The molecule has 1 fully saturated rings. The molecule has 2 amide bonds. The van der Waals surface area contributed by atoms with Gasteiger partial charge in [-0.2, -0.15) is 0 Å². The molecular weight excluding hydrogens is 506 g/mol. The summed E-state index contributed by atoms with van der Waals surface area (Å²) in [6.07, 6.45) is 3.64. The summed E-state index contributed by atoms with van der Waals surface area (Å²) in [5, 5.41) is 4.76. The predicted molar refractivity (Wildman–Crippen MR) is 154 cm³/mol. The van der Waals surface area contributed by atoms with Crippen LogP contribution >= 0.6 is 11.3 Å². The minimum Gasteiger partial charge on any atom is -0.464 e. The molecule has 7 heteroatoms. The van der Waals surface area contributed by atoms with Gasteiger partial charge in [-0.15, -0.1) is 11.3 Å². The van der Waals surface area contributed by atoms with Gasteiger partial charge >= 0.3 is 0 Å². The number of nitrogens with one attached hydrogen (secondary N) is 1. The van der Waals surface area contributed by atoms with Crippen LogP contribution in [0.25, 0.3) is 21.4 Å². The van der Waals surface area contributed by atoms with Crippen molar-refractivity contribution in [2.45, 2.75) is 32.4 Å². The van der Waals surface area contributed by atoms with Crippen LogP contribution in [0.5, 0.6) is 0 Å². The quantitative estimate of drug-likeness (QED) is 0.227. The number of carbonyl (C=O) groups excluding carboxylic acids is 2. The fraction of sp³-hybridized carbons (Fsp3) is 0.219. The van der Waals surface area contributed by atoms with E-state index in [1.807, 2.05) is 90.7 Å². The maximum atomic E-state index is 14.3. The molecule has 0 bridgehead atoms. The number of hydrogen-bond acceptors (Lipinski definition) is 5. The lowest BCUT2D eigenvalue weighted by Gasteiger charge is -2.32. The molecule has 1 aliphatic rings. The number of furan rings is 1. The molecule has 5 aromatic rings. The number of hydrogen-bond donors (Lipinski definition) is 1. The molecule has 3 aromatic carbocycles. The Hall–Kier alpha value is -4.23. The second kappa shape index (κ2) is 10.9. The first kappa shape index (κ1) is 25.1. The van der Waals surface area contributed by atoms with Crippen molar-refractivity contribution in [1.29, 1.82) is 0 Å². The summed E-state index contributed by atoms with van der Waals surface area (Å²) in [4.78, 5) is 35.1. The first-order valence-corrected chi connectivity index (χ1v) is 14.0. The summed E-state index contributed by atoms with van der Waals surface area (Å²) in [6.45, 7) is 2.74. The average Bonchev–Trinajstić information content (AvgIpc) is 3.55. The zero-order valence-corrected chi connectivity index (χ0v) is 22.5. The lowest BCUT2D eigenvalue weighted by Crippen LogP contribution is -2.48. The van der Waals surface area contributed by atoms with Crippen molar-refractivity contribution in [3.63, 3.8) is 0 Å². The molecule has 2 aromatic heterocycles. The van der Waals surface area contributed by atoms with Crippen LogP contribution in [0.2, 0.25) is 0 Å². The Morgan fingerprint density at radius 2 is 1.74 bits per heavy atom. The molecule has 1 aliphatic carbocycles. The van der Waals surface area contributed by atoms with Gasteiger partial charge in [0.25, 0.3) is 11.8 Å². The van der Waals surface area contributed by atoms with E-state index >= 15 is 0 Å². The van der Waals surface area contributed by atoms with Gasteiger partial charge in [-0.3, -0.25) is 9.59 Å². The summed E-state index contributed by atoms with van der Waals surface area (Å²) in [5.41, 5.74) is 3.74. The highest BCUT2D eigenvalue weighted by Crippen LogP contribution is 2.38. The lowest BCUT2D eigenvalue weighted by atomic mass is 10.1. The fourth-order valence-electron chi connectivity index (χ4n) is 5.11. The molecule has 1 saturated carbocycles. The highest BCUT2D eigenvalue weighted by atomic mass is 32.1. The minimum atomic E-state index is -0.172. The molecule has 0 saturated heterocycles. The van der Waals surface area contributed by atoms with Gasteiger partial charge in [-0.05, 0) is 55.0 Å². The number of rotatable bonds is 9. The van der Waals surface area contributed by atoms with Crippen molar-refractivity contribution >= 4 is 34.1 Å². The van der Waals surface area contributed by atoms with Crippen LogP contribution in [0.4, 0.5) is 0 Å². The van der Waals surface area contributed by atoms with Crippen LogP contribution in [0.1, 0.15) is 44.3 Å². The van der Waals surface area contributed by atoms with E-state index in [2.05, 4.69) is 5.32 Å². The highest BCUT2D eigenvalue weighted by Gasteiger charge is 2.39. The van der Waals surface area contributed by atoms with Gasteiger partial charge < -0.3 is 14.6 Å². The molecule has 0 spiro atoms. The largest absolute Gasteiger partial charge is 0.464 e. The van der Waals surface area contributed by atoms with E-state index in [0.717, 1.165) is 39.2 Å². The highest BCUT2D eigenvalue weighted by molar-refractivity contribution is 7.15. The minimum absolute atomic E-state index is 0.106. The van der Waals surface area contributed by atoms with Gasteiger partial charge in [0.2, 0.25) is 0 Å². The predicted octanol–water partition coefficient (Wildman–Crippen LogP) is 6.72. The summed E-state index contributed by atoms with van der Waals surface area (Å²) in [5.74, 6) is 0.0435. The summed E-state index contributed by atoms with van der Waals surface area (Å²) in [7, 11) is 0. The third-order valence-corrected chi connectivity index (χ3v) is 8.23. The molecule has 6 nitrogen and oxygen atoms in total. The molecule has 0 radical (unpaired) electrons. The van der Waals surface area contributed by atoms with Crippen molar-refractivity contribution < 1.29 is 14.0 Å². The number of amides is 2. The average molecular weight is 536 g/mol. The van der Waals surface area contributed by atoms with E-state index in [1.54, 1.807) is 12.3 Å². The number of fused-ring (bicyclic) bond motifs is 1. The van der Waals surface area contributed by atoms with Crippen LogP contribution in [-0.4, -0.2) is 34.3 Å². The van der Waals surface area contributed by atoms with Crippen molar-refractivity contribution in [3.8, 4) is 10.4 Å².